The van der Waals surface area contributed by atoms with Crippen molar-refractivity contribution in [3.63, 3.8) is 0 Å². The Morgan fingerprint density at radius 3 is 2.44 bits per heavy atom. The SMILES string of the molecule is CCC(CO)NC1CCC2(CC1)OCCO2. The van der Waals surface area contributed by atoms with Crippen LogP contribution in [0.2, 0.25) is 0 Å². The van der Waals surface area contributed by atoms with Crippen LogP contribution in [0, 0.1) is 0 Å². The molecule has 1 atom stereocenters. The van der Waals surface area contributed by atoms with E-state index >= 15 is 0 Å². The van der Waals surface area contributed by atoms with Gasteiger partial charge in [-0.25, -0.2) is 0 Å². The van der Waals surface area contributed by atoms with Gasteiger partial charge in [-0.3, -0.25) is 0 Å². The molecule has 2 aliphatic rings. The van der Waals surface area contributed by atoms with Gasteiger partial charge in [0.1, 0.15) is 0 Å². The average Bonchev–Trinajstić information content (AvgIpc) is 2.77. The molecule has 0 radical (unpaired) electrons. The van der Waals surface area contributed by atoms with E-state index in [1.165, 1.54) is 0 Å². The van der Waals surface area contributed by atoms with Gasteiger partial charge in [0.15, 0.2) is 5.79 Å². The van der Waals surface area contributed by atoms with Gasteiger partial charge in [-0.05, 0) is 19.3 Å². The van der Waals surface area contributed by atoms with Crippen molar-refractivity contribution in [2.75, 3.05) is 19.8 Å². The van der Waals surface area contributed by atoms with Crippen molar-refractivity contribution in [3.8, 4) is 0 Å². The molecule has 0 aromatic carbocycles. The summed E-state index contributed by atoms with van der Waals surface area (Å²) in [5.41, 5.74) is 0. The van der Waals surface area contributed by atoms with Crippen LogP contribution in [0.5, 0.6) is 0 Å². The number of aliphatic hydroxyl groups is 1. The summed E-state index contributed by atoms with van der Waals surface area (Å²) in [6.07, 6.45) is 5.09. The molecule has 1 heterocycles. The number of hydrogen-bond donors (Lipinski definition) is 2. The third-order valence-electron chi connectivity index (χ3n) is 3.75. The van der Waals surface area contributed by atoms with Crippen LogP contribution >= 0.6 is 0 Å². The Hall–Kier alpha value is -0.160. The third-order valence-corrected chi connectivity index (χ3v) is 3.75. The van der Waals surface area contributed by atoms with Crippen molar-refractivity contribution in [2.45, 2.75) is 56.9 Å². The van der Waals surface area contributed by atoms with E-state index in [4.69, 9.17) is 14.6 Å². The Labute approximate surface area is 97.3 Å². The van der Waals surface area contributed by atoms with E-state index in [2.05, 4.69) is 12.2 Å². The van der Waals surface area contributed by atoms with E-state index in [0.717, 1.165) is 45.3 Å². The molecule has 2 rings (SSSR count). The van der Waals surface area contributed by atoms with E-state index in [1.54, 1.807) is 0 Å². The molecule has 4 heteroatoms. The first-order chi connectivity index (χ1) is 7.78. The van der Waals surface area contributed by atoms with E-state index in [9.17, 15) is 0 Å². The minimum atomic E-state index is -0.265. The summed E-state index contributed by atoms with van der Waals surface area (Å²) in [7, 11) is 0. The van der Waals surface area contributed by atoms with Crippen LogP contribution in [0.4, 0.5) is 0 Å². The normalized spacial score (nSPS) is 27.4. The summed E-state index contributed by atoms with van der Waals surface area (Å²) in [6, 6.07) is 0.750. The van der Waals surface area contributed by atoms with Gasteiger partial charge in [0.2, 0.25) is 0 Å². The van der Waals surface area contributed by atoms with Gasteiger partial charge < -0.3 is 19.9 Å². The summed E-state index contributed by atoms with van der Waals surface area (Å²) in [4.78, 5) is 0. The zero-order valence-electron chi connectivity index (χ0n) is 10.1. The lowest BCUT2D eigenvalue weighted by atomic mass is 9.89. The predicted molar refractivity (Wildman–Crippen MR) is 61.2 cm³/mol. The molecule has 1 saturated heterocycles. The van der Waals surface area contributed by atoms with Crippen molar-refractivity contribution in [1.82, 2.24) is 5.32 Å². The van der Waals surface area contributed by atoms with Crippen LogP contribution in [0.3, 0.4) is 0 Å². The van der Waals surface area contributed by atoms with E-state index in [-0.39, 0.29) is 18.4 Å². The average molecular weight is 229 g/mol. The molecule has 16 heavy (non-hydrogen) atoms. The van der Waals surface area contributed by atoms with Crippen molar-refractivity contribution in [2.24, 2.45) is 0 Å². The van der Waals surface area contributed by atoms with E-state index < -0.39 is 0 Å². The lowest BCUT2D eigenvalue weighted by Crippen LogP contribution is -2.46. The minimum absolute atomic E-state index is 0.227. The minimum Gasteiger partial charge on any atom is -0.395 e. The Morgan fingerprint density at radius 2 is 1.94 bits per heavy atom. The number of rotatable bonds is 4. The molecule has 2 N–H and O–H groups in total. The van der Waals surface area contributed by atoms with Gasteiger partial charge in [-0.15, -0.1) is 0 Å². The largest absolute Gasteiger partial charge is 0.395 e. The summed E-state index contributed by atoms with van der Waals surface area (Å²) in [5, 5.41) is 12.7. The summed E-state index contributed by atoms with van der Waals surface area (Å²) < 4.78 is 11.4. The van der Waals surface area contributed by atoms with Crippen LogP contribution in [0.1, 0.15) is 39.0 Å². The van der Waals surface area contributed by atoms with Crippen LogP contribution < -0.4 is 5.32 Å². The van der Waals surface area contributed by atoms with Crippen molar-refractivity contribution < 1.29 is 14.6 Å². The number of aliphatic hydroxyl groups excluding tert-OH is 1. The Bertz CT molecular complexity index is 202. The highest BCUT2D eigenvalue weighted by Gasteiger charge is 2.40. The van der Waals surface area contributed by atoms with Crippen molar-refractivity contribution in [3.05, 3.63) is 0 Å². The number of nitrogens with one attached hydrogen (secondary N) is 1. The molecule has 1 spiro atoms. The topological polar surface area (TPSA) is 50.7 Å². The second-order valence-electron chi connectivity index (χ2n) is 4.84. The molecular weight excluding hydrogens is 206 g/mol. The molecule has 1 aliphatic carbocycles. The second kappa shape index (κ2) is 5.45. The smallest absolute Gasteiger partial charge is 0.168 e. The van der Waals surface area contributed by atoms with Crippen molar-refractivity contribution in [1.29, 1.82) is 0 Å². The molecule has 1 saturated carbocycles. The van der Waals surface area contributed by atoms with Crippen LogP contribution in [-0.2, 0) is 9.47 Å². The molecule has 0 aromatic rings. The fourth-order valence-corrected chi connectivity index (χ4v) is 2.64. The van der Waals surface area contributed by atoms with Gasteiger partial charge in [-0.1, -0.05) is 6.92 Å². The lowest BCUT2D eigenvalue weighted by molar-refractivity contribution is -0.179. The highest BCUT2D eigenvalue weighted by atomic mass is 16.7. The molecule has 0 bridgehead atoms. The highest BCUT2D eigenvalue weighted by Crippen LogP contribution is 2.35. The molecule has 0 aromatic heterocycles. The first kappa shape index (κ1) is 12.3. The molecule has 2 fully saturated rings. The Kier molecular flexibility index (Phi) is 4.19. The molecular formula is C12H23NO3. The van der Waals surface area contributed by atoms with Gasteiger partial charge in [0.05, 0.1) is 19.8 Å². The number of ether oxygens (including phenoxy) is 2. The van der Waals surface area contributed by atoms with Gasteiger partial charge >= 0.3 is 0 Å². The summed E-state index contributed by atoms with van der Waals surface area (Å²) in [6.45, 7) is 3.81. The maximum absolute atomic E-state index is 9.15. The predicted octanol–water partition coefficient (Wildman–Crippen LogP) is 1.03. The fraction of sp³-hybridized carbons (Fsp3) is 1.00. The maximum atomic E-state index is 9.15. The first-order valence-electron chi connectivity index (χ1n) is 6.43. The van der Waals surface area contributed by atoms with Crippen LogP contribution in [0.25, 0.3) is 0 Å². The molecule has 1 aliphatic heterocycles. The third kappa shape index (κ3) is 2.74. The molecule has 94 valence electrons. The fourth-order valence-electron chi connectivity index (χ4n) is 2.64. The quantitative estimate of drug-likeness (QED) is 0.756. The van der Waals surface area contributed by atoms with Crippen molar-refractivity contribution >= 4 is 0 Å². The van der Waals surface area contributed by atoms with Gasteiger partial charge in [0, 0.05) is 24.9 Å². The summed E-state index contributed by atoms with van der Waals surface area (Å²) in [5.74, 6) is -0.265. The monoisotopic (exact) mass is 229 g/mol. The zero-order chi connectivity index (χ0) is 11.4. The van der Waals surface area contributed by atoms with Crippen LogP contribution in [0.15, 0.2) is 0 Å². The van der Waals surface area contributed by atoms with Crippen LogP contribution in [-0.4, -0.2) is 42.8 Å². The summed E-state index contributed by atoms with van der Waals surface area (Å²) >= 11 is 0. The Morgan fingerprint density at radius 1 is 1.31 bits per heavy atom. The van der Waals surface area contributed by atoms with Gasteiger partial charge in [-0.2, -0.15) is 0 Å². The number of hydrogen-bond acceptors (Lipinski definition) is 4. The molecule has 4 nitrogen and oxygen atoms in total. The standard InChI is InChI=1S/C12H23NO3/c1-2-10(9-14)13-11-3-5-12(6-4-11)15-7-8-16-12/h10-11,13-14H,2-9H2,1H3. The first-order valence-corrected chi connectivity index (χ1v) is 6.43. The second-order valence-corrected chi connectivity index (χ2v) is 4.84. The Balaban J connectivity index is 1.76. The lowest BCUT2D eigenvalue weighted by Gasteiger charge is -2.36. The maximum Gasteiger partial charge on any atom is 0.168 e. The highest BCUT2D eigenvalue weighted by molar-refractivity contribution is 4.86. The van der Waals surface area contributed by atoms with E-state index in [0.29, 0.717) is 6.04 Å². The molecule has 1 unspecified atom stereocenters. The van der Waals surface area contributed by atoms with E-state index in [1.807, 2.05) is 0 Å². The zero-order valence-corrected chi connectivity index (χ0v) is 10.1. The molecule has 0 amide bonds. The van der Waals surface area contributed by atoms with Gasteiger partial charge in [0.25, 0.3) is 0 Å².